The van der Waals surface area contributed by atoms with E-state index in [1.165, 1.54) is 37.6 Å². The molecular formula is C28H33NO4S. The Bertz CT molecular complexity index is 1130. The summed E-state index contributed by atoms with van der Waals surface area (Å²) < 4.78 is 10.7. The topological polar surface area (TPSA) is 55.8 Å². The molecule has 1 aliphatic heterocycles. The molecule has 0 bridgehead atoms. The van der Waals surface area contributed by atoms with Crippen molar-refractivity contribution in [2.75, 3.05) is 19.7 Å². The van der Waals surface area contributed by atoms with Crippen LogP contribution in [0.5, 0.6) is 0 Å². The number of amides is 1. The Hall–Kier alpha value is -2.86. The fourth-order valence-electron chi connectivity index (χ4n) is 4.46. The quantitative estimate of drug-likeness (QED) is 0.398. The van der Waals surface area contributed by atoms with E-state index in [1.54, 1.807) is 11.3 Å². The van der Waals surface area contributed by atoms with Gasteiger partial charge in [0.2, 0.25) is 0 Å². The lowest BCUT2D eigenvalue weighted by Gasteiger charge is -2.32. The van der Waals surface area contributed by atoms with Crippen molar-refractivity contribution in [3.05, 3.63) is 62.3 Å². The van der Waals surface area contributed by atoms with Crippen LogP contribution in [0.15, 0.2) is 35.9 Å². The second kappa shape index (κ2) is 10.2. The molecule has 2 aliphatic rings. The number of benzene rings is 1. The summed E-state index contributed by atoms with van der Waals surface area (Å²) in [6, 6.07) is 10.7. The van der Waals surface area contributed by atoms with E-state index in [9.17, 15) is 9.59 Å². The largest absolute Gasteiger partial charge is 0.466 e. The van der Waals surface area contributed by atoms with Crippen LogP contribution in [-0.2, 0) is 20.7 Å². The van der Waals surface area contributed by atoms with Gasteiger partial charge in [0.15, 0.2) is 0 Å². The molecule has 0 spiro atoms. The number of carbonyl (C=O) groups excluding carboxylic acids is 2. The molecule has 0 unspecified atom stereocenters. The van der Waals surface area contributed by atoms with Crippen molar-refractivity contribution in [1.29, 1.82) is 0 Å². The van der Waals surface area contributed by atoms with Gasteiger partial charge in [0.1, 0.15) is 5.60 Å². The number of carbonyl (C=O) groups is 2. The molecule has 2 heterocycles. The standard InChI is InChI=1S/C28H33NO4S/c1-5-32-25(30)13-11-21-18-23-24(34-21)12-10-19-8-6-7-9-22(19)26(23)20-14-16-29(17-15-20)27(31)33-28(2,3)4/h6-10,12,18H,5,11,13-17H2,1-4H3. The third kappa shape index (κ3) is 5.61. The summed E-state index contributed by atoms with van der Waals surface area (Å²) in [4.78, 5) is 28.7. The van der Waals surface area contributed by atoms with E-state index in [4.69, 9.17) is 9.47 Å². The Morgan fingerprint density at radius 3 is 2.50 bits per heavy atom. The first kappa shape index (κ1) is 24.3. The predicted octanol–water partition coefficient (Wildman–Crippen LogP) is 6.56. The molecule has 1 saturated heterocycles. The van der Waals surface area contributed by atoms with Crippen LogP contribution >= 0.6 is 11.3 Å². The Balaban J connectivity index is 1.63. The first-order chi connectivity index (χ1) is 16.2. The number of aryl methyl sites for hydroxylation is 1. The number of piperidine rings is 1. The van der Waals surface area contributed by atoms with Crippen molar-refractivity contribution in [1.82, 2.24) is 4.90 Å². The first-order valence-electron chi connectivity index (χ1n) is 12.0. The number of nitrogens with zero attached hydrogens (tertiary/aromatic N) is 1. The molecule has 1 amide bonds. The van der Waals surface area contributed by atoms with Gasteiger partial charge in [-0.3, -0.25) is 4.79 Å². The molecule has 0 atom stereocenters. The van der Waals surface area contributed by atoms with Crippen molar-refractivity contribution < 1.29 is 19.1 Å². The summed E-state index contributed by atoms with van der Waals surface area (Å²) in [5, 5.41) is 0. The summed E-state index contributed by atoms with van der Waals surface area (Å²) in [5.41, 5.74) is 5.81. The summed E-state index contributed by atoms with van der Waals surface area (Å²) in [5.74, 6) is -0.153. The maximum atomic E-state index is 12.6. The van der Waals surface area contributed by atoms with Crippen LogP contribution in [0.3, 0.4) is 0 Å². The van der Waals surface area contributed by atoms with Gasteiger partial charge >= 0.3 is 12.1 Å². The van der Waals surface area contributed by atoms with Gasteiger partial charge in [-0.2, -0.15) is 0 Å². The molecule has 180 valence electrons. The zero-order chi connectivity index (χ0) is 24.3. The van der Waals surface area contributed by atoms with Gasteiger partial charge in [-0.25, -0.2) is 4.79 Å². The second-order valence-corrected chi connectivity index (χ2v) is 10.8. The van der Waals surface area contributed by atoms with E-state index in [0.29, 0.717) is 32.5 Å². The lowest BCUT2D eigenvalue weighted by molar-refractivity contribution is -0.143. The van der Waals surface area contributed by atoms with Crippen molar-refractivity contribution in [2.24, 2.45) is 0 Å². The molecule has 5 nitrogen and oxygen atoms in total. The lowest BCUT2D eigenvalue weighted by atomic mass is 9.87. The Morgan fingerprint density at radius 1 is 1.06 bits per heavy atom. The Labute approximate surface area is 206 Å². The third-order valence-corrected chi connectivity index (χ3v) is 7.14. The van der Waals surface area contributed by atoms with E-state index in [1.807, 2.05) is 32.6 Å². The number of esters is 1. The average molecular weight is 480 g/mol. The van der Waals surface area contributed by atoms with E-state index in [0.717, 1.165) is 12.8 Å². The number of rotatable bonds is 4. The predicted molar refractivity (Wildman–Crippen MR) is 138 cm³/mol. The molecule has 1 aliphatic carbocycles. The van der Waals surface area contributed by atoms with Crippen molar-refractivity contribution >= 4 is 41.1 Å². The van der Waals surface area contributed by atoms with Gasteiger partial charge in [-0.05, 0) is 75.8 Å². The van der Waals surface area contributed by atoms with E-state index >= 15 is 0 Å². The highest BCUT2D eigenvalue weighted by molar-refractivity contribution is 7.13. The van der Waals surface area contributed by atoms with E-state index in [-0.39, 0.29) is 12.1 Å². The maximum absolute atomic E-state index is 12.6. The number of thiophene rings is 1. The highest BCUT2D eigenvalue weighted by atomic mass is 32.1. The van der Waals surface area contributed by atoms with Crippen molar-refractivity contribution in [2.45, 2.75) is 59.0 Å². The van der Waals surface area contributed by atoms with Crippen LogP contribution in [0, 0.1) is 0 Å². The molecule has 1 aromatic heterocycles. The number of hydrogen-bond donors (Lipinski definition) is 0. The molecule has 0 radical (unpaired) electrons. The van der Waals surface area contributed by atoms with E-state index in [2.05, 4.69) is 42.5 Å². The zero-order valence-corrected chi connectivity index (χ0v) is 21.3. The smallest absolute Gasteiger partial charge is 0.410 e. The van der Waals surface area contributed by atoms with Crippen LogP contribution in [0.4, 0.5) is 4.79 Å². The fraction of sp³-hybridized carbons (Fsp3) is 0.429. The number of ether oxygens (including phenoxy) is 2. The third-order valence-electron chi connectivity index (χ3n) is 5.98. The number of fused-ring (bicyclic) bond motifs is 2. The van der Waals surface area contributed by atoms with Crippen molar-refractivity contribution in [3.63, 3.8) is 0 Å². The van der Waals surface area contributed by atoms with Crippen LogP contribution in [0.1, 0.15) is 73.4 Å². The molecule has 2 aromatic rings. The highest BCUT2D eigenvalue weighted by Crippen LogP contribution is 2.42. The molecule has 34 heavy (non-hydrogen) atoms. The molecule has 4 rings (SSSR count). The molecular weight excluding hydrogens is 446 g/mol. The summed E-state index contributed by atoms with van der Waals surface area (Å²) in [6.45, 7) is 9.24. The van der Waals surface area contributed by atoms with Crippen LogP contribution < -0.4 is 0 Å². The highest BCUT2D eigenvalue weighted by Gasteiger charge is 2.28. The minimum atomic E-state index is -0.493. The van der Waals surface area contributed by atoms with Crippen LogP contribution in [0.2, 0.25) is 0 Å². The summed E-state index contributed by atoms with van der Waals surface area (Å²) in [6.07, 6.45) is 6.84. The van der Waals surface area contributed by atoms with Gasteiger partial charge < -0.3 is 14.4 Å². The van der Waals surface area contributed by atoms with Crippen LogP contribution in [0.25, 0.3) is 17.7 Å². The molecule has 0 saturated carbocycles. The number of likely N-dealkylation sites (tertiary alicyclic amines) is 1. The van der Waals surface area contributed by atoms with E-state index < -0.39 is 5.60 Å². The zero-order valence-electron chi connectivity index (χ0n) is 20.5. The second-order valence-electron chi connectivity index (χ2n) is 9.66. The summed E-state index contributed by atoms with van der Waals surface area (Å²) in [7, 11) is 0. The molecule has 1 fully saturated rings. The first-order valence-corrected chi connectivity index (χ1v) is 12.8. The minimum Gasteiger partial charge on any atom is -0.466 e. The molecule has 6 heteroatoms. The molecule has 0 N–H and O–H groups in total. The SMILES string of the molecule is CCOC(=O)CCc1cc2c(s1)C=Cc1ccccc1C2=C1CCN(C(=O)OC(C)(C)C)CC1. The average Bonchev–Trinajstić information content (AvgIpc) is 3.12. The summed E-state index contributed by atoms with van der Waals surface area (Å²) >= 11 is 1.75. The van der Waals surface area contributed by atoms with Gasteiger partial charge in [0, 0.05) is 28.4 Å². The fourth-order valence-corrected chi connectivity index (χ4v) is 5.53. The minimum absolute atomic E-state index is 0.153. The Kier molecular flexibility index (Phi) is 7.27. The van der Waals surface area contributed by atoms with Gasteiger partial charge in [0.25, 0.3) is 0 Å². The van der Waals surface area contributed by atoms with Gasteiger partial charge in [-0.1, -0.05) is 35.9 Å². The van der Waals surface area contributed by atoms with Crippen LogP contribution in [-0.4, -0.2) is 42.3 Å². The van der Waals surface area contributed by atoms with Gasteiger partial charge in [0.05, 0.1) is 13.0 Å². The molecule has 1 aromatic carbocycles. The monoisotopic (exact) mass is 479 g/mol. The number of hydrogen-bond acceptors (Lipinski definition) is 5. The van der Waals surface area contributed by atoms with Gasteiger partial charge in [-0.15, -0.1) is 11.3 Å². The normalized spacial score (nSPS) is 15.5. The maximum Gasteiger partial charge on any atom is 0.410 e. The van der Waals surface area contributed by atoms with Crippen molar-refractivity contribution in [3.8, 4) is 0 Å². The Morgan fingerprint density at radius 2 is 1.79 bits per heavy atom. The lowest BCUT2D eigenvalue weighted by Crippen LogP contribution is -2.40.